The summed E-state index contributed by atoms with van der Waals surface area (Å²) in [5, 5.41) is 19.2. The van der Waals surface area contributed by atoms with Crippen LogP contribution in [-0.4, -0.2) is 33.9 Å². The lowest BCUT2D eigenvalue weighted by Gasteiger charge is -2.16. The molecule has 0 saturated carbocycles. The summed E-state index contributed by atoms with van der Waals surface area (Å²) in [6.45, 7) is 1.78. The van der Waals surface area contributed by atoms with Crippen LogP contribution in [0.1, 0.15) is 18.6 Å². The Bertz CT molecular complexity index is 372. The van der Waals surface area contributed by atoms with Crippen LogP contribution >= 0.6 is 15.9 Å². The third kappa shape index (κ3) is 3.26. The fourth-order valence-corrected chi connectivity index (χ4v) is 1.52. The van der Waals surface area contributed by atoms with Crippen LogP contribution in [0.3, 0.4) is 0 Å². The summed E-state index contributed by atoms with van der Waals surface area (Å²) in [6.07, 6.45) is -1.45. The molecule has 2 atom stereocenters. The van der Waals surface area contributed by atoms with Gasteiger partial charge in [0.1, 0.15) is 10.7 Å². The number of carbonyl (C=O) groups excluding carboxylic acids is 1. The van der Waals surface area contributed by atoms with E-state index in [1.807, 2.05) is 0 Å². The minimum atomic E-state index is -1.59. The molecule has 1 heterocycles. The lowest BCUT2D eigenvalue weighted by atomic mass is 10.1. The highest BCUT2D eigenvalue weighted by Crippen LogP contribution is 2.19. The molecule has 0 amide bonds. The van der Waals surface area contributed by atoms with Crippen molar-refractivity contribution in [1.29, 1.82) is 0 Å². The average Bonchev–Trinajstić information content (AvgIpc) is 2.27. The maximum atomic E-state index is 11.2. The number of esters is 1. The second-order valence-electron chi connectivity index (χ2n) is 3.05. The number of halogens is 1. The van der Waals surface area contributed by atoms with Crippen molar-refractivity contribution in [2.45, 2.75) is 19.1 Å². The van der Waals surface area contributed by atoms with E-state index in [9.17, 15) is 15.0 Å². The van der Waals surface area contributed by atoms with E-state index >= 15 is 0 Å². The SMILES string of the molecule is CCOC(=O)C(O)C(O)c1ccnc(Br)c1. The summed E-state index contributed by atoms with van der Waals surface area (Å²) < 4.78 is 5.11. The normalized spacial score (nSPS) is 14.2. The minimum Gasteiger partial charge on any atom is -0.464 e. The molecule has 5 nitrogen and oxygen atoms in total. The van der Waals surface area contributed by atoms with Gasteiger partial charge in [-0.25, -0.2) is 9.78 Å². The van der Waals surface area contributed by atoms with Gasteiger partial charge in [0.15, 0.2) is 6.10 Å². The van der Waals surface area contributed by atoms with E-state index in [1.165, 1.54) is 18.3 Å². The number of aliphatic hydroxyl groups excluding tert-OH is 2. The highest BCUT2D eigenvalue weighted by atomic mass is 79.9. The van der Waals surface area contributed by atoms with E-state index in [-0.39, 0.29) is 6.61 Å². The molecule has 0 fully saturated rings. The van der Waals surface area contributed by atoms with Crippen LogP contribution < -0.4 is 0 Å². The van der Waals surface area contributed by atoms with Crippen LogP contribution in [0.2, 0.25) is 0 Å². The summed E-state index contributed by atoms with van der Waals surface area (Å²) in [4.78, 5) is 15.1. The van der Waals surface area contributed by atoms with Crippen LogP contribution in [0.4, 0.5) is 0 Å². The lowest BCUT2D eigenvalue weighted by Crippen LogP contribution is -2.29. The molecule has 0 spiro atoms. The maximum Gasteiger partial charge on any atom is 0.338 e. The highest BCUT2D eigenvalue weighted by Gasteiger charge is 2.26. The second kappa shape index (κ2) is 5.93. The van der Waals surface area contributed by atoms with E-state index < -0.39 is 18.2 Å². The topological polar surface area (TPSA) is 79.7 Å². The average molecular weight is 290 g/mol. The van der Waals surface area contributed by atoms with Gasteiger partial charge in [0.25, 0.3) is 0 Å². The molecule has 0 aliphatic carbocycles. The van der Waals surface area contributed by atoms with E-state index in [0.717, 1.165) is 0 Å². The van der Waals surface area contributed by atoms with Crippen molar-refractivity contribution in [3.63, 3.8) is 0 Å². The lowest BCUT2D eigenvalue weighted by molar-refractivity contribution is -0.159. The minimum absolute atomic E-state index is 0.155. The van der Waals surface area contributed by atoms with Crippen LogP contribution in [0.15, 0.2) is 22.9 Å². The number of hydrogen-bond donors (Lipinski definition) is 2. The van der Waals surface area contributed by atoms with Crippen LogP contribution in [-0.2, 0) is 9.53 Å². The Morgan fingerprint density at radius 1 is 1.62 bits per heavy atom. The van der Waals surface area contributed by atoms with Crippen molar-refractivity contribution in [1.82, 2.24) is 4.98 Å². The number of pyridine rings is 1. The molecule has 0 radical (unpaired) electrons. The summed E-state index contributed by atoms with van der Waals surface area (Å²) in [5.74, 6) is -0.845. The molecule has 1 rings (SSSR count). The van der Waals surface area contributed by atoms with E-state index in [1.54, 1.807) is 6.92 Å². The van der Waals surface area contributed by atoms with Crippen molar-refractivity contribution < 1.29 is 19.7 Å². The number of ether oxygens (including phenoxy) is 1. The molecule has 88 valence electrons. The van der Waals surface area contributed by atoms with Gasteiger partial charge in [-0.1, -0.05) is 0 Å². The Labute approximate surface area is 101 Å². The third-order valence-electron chi connectivity index (χ3n) is 1.92. The van der Waals surface area contributed by atoms with Crippen molar-refractivity contribution in [2.24, 2.45) is 0 Å². The molecule has 1 aromatic heterocycles. The van der Waals surface area contributed by atoms with Gasteiger partial charge in [-0.2, -0.15) is 0 Å². The van der Waals surface area contributed by atoms with Crippen molar-refractivity contribution in [3.8, 4) is 0 Å². The number of carbonyl (C=O) groups is 1. The molecular weight excluding hydrogens is 278 g/mol. The van der Waals surface area contributed by atoms with Gasteiger partial charge in [-0.15, -0.1) is 0 Å². The van der Waals surface area contributed by atoms with Gasteiger partial charge < -0.3 is 14.9 Å². The zero-order chi connectivity index (χ0) is 12.1. The maximum absolute atomic E-state index is 11.2. The molecule has 2 N–H and O–H groups in total. The van der Waals surface area contributed by atoms with Gasteiger partial charge in [-0.05, 0) is 40.5 Å². The number of aliphatic hydroxyl groups is 2. The second-order valence-corrected chi connectivity index (χ2v) is 3.87. The van der Waals surface area contributed by atoms with Crippen molar-refractivity contribution >= 4 is 21.9 Å². The first-order valence-corrected chi connectivity index (χ1v) is 5.49. The molecule has 2 unspecified atom stereocenters. The largest absolute Gasteiger partial charge is 0.464 e. The first-order chi connectivity index (χ1) is 7.56. The van der Waals surface area contributed by atoms with E-state index in [0.29, 0.717) is 10.2 Å². The quantitative estimate of drug-likeness (QED) is 0.633. The standard InChI is InChI=1S/C10H12BrNO4/c1-2-16-10(15)9(14)8(13)6-3-4-12-7(11)5-6/h3-5,8-9,13-14H,2H2,1H3. The Morgan fingerprint density at radius 3 is 2.88 bits per heavy atom. The molecule has 6 heteroatoms. The zero-order valence-corrected chi connectivity index (χ0v) is 10.2. The summed E-state index contributed by atoms with van der Waals surface area (Å²) in [6, 6.07) is 3.03. The third-order valence-corrected chi connectivity index (χ3v) is 2.35. The molecule has 0 aliphatic heterocycles. The highest BCUT2D eigenvalue weighted by molar-refractivity contribution is 9.10. The Hall–Kier alpha value is -0.980. The number of rotatable bonds is 4. The van der Waals surface area contributed by atoms with Gasteiger partial charge in [0.2, 0.25) is 0 Å². The molecule has 0 aromatic carbocycles. The van der Waals surface area contributed by atoms with Crippen molar-refractivity contribution in [3.05, 3.63) is 28.5 Å². The molecule has 0 bridgehead atoms. The molecule has 1 aromatic rings. The van der Waals surface area contributed by atoms with Crippen molar-refractivity contribution in [2.75, 3.05) is 6.61 Å². The van der Waals surface area contributed by atoms with E-state index in [2.05, 4.69) is 25.7 Å². The van der Waals surface area contributed by atoms with Gasteiger partial charge >= 0.3 is 5.97 Å². The zero-order valence-electron chi connectivity index (χ0n) is 8.63. The fraction of sp³-hybridized carbons (Fsp3) is 0.400. The first-order valence-electron chi connectivity index (χ1n) is 4.70. The Balaban J connectivity index is 2.77. The molecular formula is C10H12BrNO4. The van der Waals surface area contributed by atoms with Gasteiger partial charge in [0, 0.05) is 6.20 Å². The number of nitrogens with zero attached hydrogens (tertiary/aromatic N) is 1. The molecule has 0 aliphatic rings. The molecule has 0 saturated heterocycles. The van der Waals surface area contributed by atoms with E-state index in [4.69, 9.17) is 0 Å². The Kier molecular flexibility index (Phi) is 4.85. The number of hydrogen-bond acceptors (Lipinski definition) is 5. The van der Waals surface area contributed by atoms with Gasteiger partial charge in [-0.3, -0.25) is 0 Å². The van der Waals surface area contributed by atoms with Gasteiger partial charge in [0.05, 0.1) is 6.61 Å². The predicted octanol–water partition coefficient (Wildman–Crippen LogP) is 0.801. The monoisotopic (exact) mass is 289 g/mol. The smallest absolute Gasteiger partial charge is 0.338 e. The van der Waals surface area contributed by atoms with Crippen LogP contribution in [0.25, 0.3) is 0 Å². The Morgan fingerprint density at radius 2 is 2.31 bits per heavy atom. The van der Waals surface area contributed by atoms with Crippen LogP contribution in [0, 0.1) is 0 Å². The number of aromatic nitrogens is 1. The van der Waals surface area contributed by atoms with Crippen LogP contribution in [0.5, 0.6) is 0 Å². The summed E-state index contributed by atoms with van der Waals surface area (Å²) >= 11 is 3.13. The summed E-state index contributed by atoms with van der Waals surface area (Å²) in [5.41, 5.74) is 0.391. The summed E-state index contributed by atoms with van der Waals surface area (Å²) in [7, 11) is 0. The predicted molar refractivity (Wildman–Crippen MR) is 59.5 cm³/mol. The first kappa shape index (κ1) is 13.1. The molecule has 16 heavy (non-hydrogen) atoms. The fourth-order valence-electron chi connectivity index (χ4n) is 1.14.